The summed E-state index contributed by atoms with van der Waals surface area (Å²) in [7, 11) is 0. The fourth-order valence-corrected chi connectivity index (χ4v) is 2.47. The van der Waals surface area contributed by atoms with Gasteiger partial charge in [-0.25, -0.2) is 4.39 Å². The molecular weight excluding hydrogens is 249 g/mol. The summed E-state index contributed by atoms with van der Waals surface area (Å²) in [5, 5.41) is 19.1. The number of likely N-dealkylation sites (tertiary alicyclic amines) is 1. The van der Waals surface area contributed by atoms with Crippen LogP contribution in [-0.2, 0) is 4.79 Å². The normalized spacial score (nSPS) is 20.6. The fraction of sp³-hybridized carbons (Fsp3) is 0.500. The topological polar surface area (TPSA) is 60.8 Å². The Balaban J connectivity index is 1.98. The van der Waals surface area contributed by atoms with E-state index in [2.05, 4.69) is 0 Å². The monoisotopic (exact) mass is 267 g/mol. The van der Waals surface area contributed by atoms with E-state index in [4.69, 9.17) is 5.11 Å². The van der Waals surface area contributed by atoms with Gasteiger partial charge in [0.2, 0.25) is 5.91 Å². The van der Waals surface area contributed by atoms with E-state index in [-0.39, 0.29) is 25.0 Å². The van der Waals surface area contributed by atoms with Crippen LogP contribution in [0.1, 0.15) is 30.9 Å². The number of hydrogen-bond acceptors (Lipinski definition) is 3. The lowest BCUT2D eigenvalue weighted by molar-refractivity contribution is -0.134. The minimum absolute atomic E-state index is 0.0538. The van der Waals surface area contributed by atoms with Gasteiger partial charge in [-0.1, -0.05) is 12.1 Å². The maximum absolute atomic E-state index is 13.0. The summed E-state index contributed by atoms with van der Waals surface area (Å²) in [6, 6.07) is 5.47. The summed E-state index contributed by atoms with van der Waals surface area (Å²) in [5.41, 5.74) is 0.396. The lowest BCUT2D eigenvalue weighted by atomic mass is 10.1. The van der Waals surface area contributed by atoms with Gasteiger partial charge in [-0.15, -0.1) is 0 Å². The second-order valence-electron chi connectivity index (χ2n) is 4.84. The highest BCUT2D eigenvalue weighted by Crippen LogP contribution is 2.23. The average molecular weight is 267 g/mol. The van der Waals surface area contributed by atoms with Crippen molar-refractivity contribution >= 4 is 5.91 Å². The Hall–Kier alpha value is -1.46. The number of aliphatic hydroxyl groups is 2. The van der Waals surface area contributed by atoms with Crippen molar-refractivity contribution in [2.45, 2.75) is 31.4 Å². The van der Waals surface area contributed by atoms with Crippen molar-refractivity contribution in [2.24, 2.45) is 0 Å². The molecule has 104 valence electrons. The van der Waals surface area contributed by atoms with Gasteiger partial charge in [0, 0.05) is 6.54 Å². The molecule has 2 atom stereocenters. The Morgan fingerprint density at radius 3 is 3.00 bits per heavy atom. The number of carbonyl (C=O) groups is 1. The van der Waals surface area contributed by atoms with E-state index >= 15 is 0 Å². The van der Waals surface area contributed by atoms with Crippen LogP contribution in [0.5, 0.6) is 0 Å². The minimum Gasteiger partial charge on any atom is -0.394 e. The van der Waals surface area contributed by atoms with Crippen LogP contribution >= 0.6 is 0 Å². The Bertz CT molecular complexity index is 452. The Kier molecular flexibility index (Phi) is 4.50. The number of halogens is 1. The third-order valence-corrected chi connectivity index (χ3v) is 3.51. The van der Waals surface area contributed by atoms with E-state index in [1.54, 1.807) is 11.0 Å². The smallest absolute Gasteiger partial charge is 0.225 e. The number of rotatable bonds is 4. The summed E-state index contributed by atoms with van der Waals surface area (Å²) in [5.74, 6) is -0.633. The van der Waals surface area contributed by atoms with Crippen LogP contribution in [0.25, 0.3) is 0 Å². The summed E-state index contributed by atoms with van der Waals surface area (Å²) in [6.07, 6.45) is 0.564. The first-order chi connectivity index (χ1) is 9.11. The number of nitrogens with zero attached hydrogens (tertiary/aromatic N) is 1. The standard InChI is InChI=1S/C14H18FNO3/c15-11-4-1-3-10(7-11)13(18)8-14(19)16-6-2-5-12(16)9-17/h1,3-4,7,12-13,17-18H,2,5-6,8-9H2/t12-,13-/m0/s1. The van der Waals surface area contributed by atoms with Crippen LogP contribution in [-0.4, -0.2) is 40.2 Å². The summed E-state index contributed by atoms with van der Waals surface area (Å²) in [6.45, 7) is 0.557. The van der Waals surface area contributed by atoms with Crippen molar-refractivity contribution in [3.8, 4) is 0 Å². The van der Waals surface area contributed by atoms with Gasteiger partial charge in [0.25, 0.3) is 0 Å². The minimum atomic E-state index is -1.01. The Morgan fingerprint density at radius 2 is 2.32 bits per heavy atom. The molecule has 2 rings (SSSR count). The van der Waals surface area contributed by atoms with E-state index in [0.717, 1.165) is 12.8 Å². The van der Waals surface area contributed by atoms with Crippen molar-refractivity contribution in [1.82, 2.24) is 4.90 Å². The molecule has 0 radical (unpaired) electrons. The third-order valence-electron chi connectivity index (χ3n) is 3.51. The third kappa shape index (κ3) is 3.30. The highest BCUT2D eigenvalue weighted by Gasteiger charge is 2.29. The molecule has 1 aliphatic rings. The summed E-state index contributed by atoms with van der Waals surface area (Å²) in [4.78, 5) is 13.6. The molecule has 19 heavy (non-hydrogen) atoms. The highest BCUT2D eigenvalue weighted by atomic mass is 19.1. The average Bonchev–Trinajstić information content (AvgIpc) is 2.87. The molecule has 0 spiro atoms. The zero-order chi connectivity index (χ0) is 13.8. The van der Waals surface area contributed by atoms with Crippen molar-refractivity contribution in [2.75, 3.05) is 13.2 Å². The first-order valence-corrected chi connectivity index (χ1v) is 6.45. The molecule has 1 fully saturated rings. The van der Waals surface area contributed by atoms with E-state index in [1.807, 2.05) is 0 Å². The van der Waals surface area contributed by atoms with Crippen LogP contribution in [0, 0.1) is 5.82 Å². The molecule has 0 saturated carbocycles. The molecule has 1 aromatic carbocycles. The van der Waals surface area contributed by atoms with Crippen molar-refractivity contribution < 1.29 is 19.4 Å². The molecule has 1 amide bonds. The molecule has 1 heterocycles. The first-order valence-electron chi connectivity index (χ1n) is 6.45. The highest BCUT2D eigenvalue weighted by molar-refractivity contribution is 5.77. The predicted molar refractivity (Wildman–Crippen MR) is 67.8 cm³/mol. The van der Waals surface area contributed by atoms with Gasteiger partial charge in [0.1, 0.15) is 5.82 Å². The first kappa shape index (κ1) is 14.0. The zero-order valence-corrected chi connectivity index (χ0v) is 10.6. The van der Waals surface area contributed by atoms with Crippen molar-refractivity contribution in [3.63, 3.8) is 0 Å². The van der Waals surface area contributed by atoms with Crippen LogP contribution in [0.15, 0.2) is 24.3 Å². The van der Waals surface area contributed by atoms with Gasteiger partial charge >= 0.3 is 0 Å². The summed E-state index contributed by atoms with van der Waals surface area (Å²) < 4.78 is 13.0. The maximum atomic E-state index is 13.0. The number of aliphatic hydroxyl groups excluding tert-OH is 2. The van der Waals surface area contributed by atoms with Gasteiger partial charge in [-0.2, -0.15) is 0 Å². The van der Waals surface area contributed by atoms with Crippen molar-refractivity contribution in [3.05, 3.63) is 35.6 Å². The Labute approximate surface area is 111 Å². The van der Waals surface area contributed by atoms with E-state index in [1.165, 1.54) is 18.2 Å². The van der Waals surface area contributed by atoms with Crippen LogP contribution in [0.4, 0.5) is 4.39 Å². The molecule has 0 bridgehead atoms. The van der Waals surface area contributed by atoms with Gasteiger partial charge in [-0.3, -0.25) is 4.79 Å². The zero-order valence-electron chi connectivity index (χ0n) is 10.6. The molecule has 4 nitrogen and oxygen atoms in total. The molecule has 0 unspecified atom stereocenters. The fourth-order valence-electron chi connectivity index (χ4n) is 2.47. The molecule has 5 heteroatoms. The van der Waals surface area contributed by atoms with E-state index in [0.29, 0.717) is 12.1 Å². The van der Waals surface area contributed by atoms with E-state index in [9.17, 15) is 14.3 Å². The number of benzene rings is 1. The largest absolute Gasteiger partial charge is 0.394 e. The van der Waals surface area contributed by atoms with Gasteiger partial charge in [0.05, 0.1) is 25.2 Å². The number of amides is 1. The molecule has 0 aliphatic carbocycles. The maximum Gasteiger partial charge on any atom is 0.225 e. The molecule has 1 aliphatic heterocycles. The molecular formula is C14H18FNO3. The van der Waals surface area contributed by atoms with Crippen molar-refractivity contribution in [1.29, 1.82) is 0 Å². The van der Waals surface area contributed by atoms with Gasteiger partial charge in [0.15, 0.2) is 0 Å². The molecule has 1 aromatic rings. The molecule has 0 aromatic heterocycles. The van der Waals surface area contributed by atoms with Gasteiger partial charge < -0.3 is 15.1 Å². The second kappa shape index (κ2) is 6.12. The van der Waals surface area contributed by atoms with Crippen LogP contribution < -0.4 is 0 Å². The van der Waals surface area contributed by atoms with Crippen LogP contribution in [0.2, 0.25) is 0 Å². The van der Waals surface area contributed by atoms with Crippen LogP contribution in [0.3, 0.4) is 0 Å². The molecule has 1 saturated heterocycles. The Morgan fingerprint density at radius 1 is 1.53 bits per heavy atom. The quantitative estimate of drug-likeness (QED) is 0.862. The predicted octanol–water partition coefficient (Wildman–Crippen LogP) is 1.23. The molecule has 2 N–H and O–H groups in total. The lowest BCUT2D eigenvalue weighted by Crippen LogP contribution is -2.38. The SMILES string of the molecule is O=C(C[C@H](O)c1cccc(F)c1)N1CCC[C@H]1CO. The lowest BCUT2D eigenvalue weighted by Gasteiger charge is -2.24. The van der Waals surface area contributed by atoms with Gasteiger partial charge in [-0.05, 0) is 30.5 Å². The number of carbonyl (C=O) groups excluding carboxylic acids is 1. The summed E-state index contributed by atoms with van der Waals surface area (Å²) >= 11 is 0. The van der Waals surface area contributed by atoms with E-state index < -0.39 is 11.9 Å². The number of hydrogen-bond donors (Lipinski definition) is 2. The second-order valence-corrected chi connectivity index (χ2v) is 4.84.